The predicted octanol–water partition coefficient (Wildman–Crippen LogP) is 4.62. The summed E-state index contributed by atoms with van der Waals surface area (Å²) in [6, 6.07) is 8.89. The minimum absolute atomic E-state index is 0.641. The maximum absolute atomic E-state index is 2.48. The number of fused-ring (bicyclic) bond motifs is 1. The summed E-state index contributed by atoms with van der Waals surface area (Å²) in [6.07, 6.45) is 4.95. The summed E-state index contributed by atoms with van der Waals surface area (Å²) < 4.78 is 0. The zero-order chi connectivity index (χ0) is 10.8. The summed E-state index contributed by atoms with van der Waals surface area (Å²) in [7, 11) is 0. The maximum Gasteiger partial charge on any atom is 0.00530 e. The van der Waals surface area contributed by atoms with Gasteiger partial charge in [-0.2, -0.15) is 0 Å². The molecule has 1 unspecified atom stereocenters. The van der Waals surface area contributed by atoms with Gasteiger partial charge in [-0.05, 0) is 29.0 Å². The standard InChI is InChI=1S/C15H20/c1-4-7-12-10-15(11(2)3)14-9-6-5-8-13(12)14/h5-6,8-11,15H,4,7H2,1-3H3. The maximum atomic E-state index is 2.48. The first kappa shape index (κ1) is 10.5. The second-order valence-corrected chi connectivity index (χ2v) is 4.80. The van der Waals surface area contributed by atoms with Crippen LogP contribution in [0.15, 0.2) is 30.3 Å². The number of hydrogen-bond acceptors (Lipinski definition) is 0. The molecule has 0 nitrogen and oxygen atoms in total. The smallest absolute Gasteiger partial charge is 0.00530 e. The first-order valence-electron chi connectivity index (χ1n) is 6.04. The van der Waals surface area contributed by atoms with Crippen LogP contribution in [0, 0.1) is 5.92 Å². The van der Waals surface area contributed by atoms with Crippen molar-refractivity contribution >= 4 is 5.57 Å². The first-order valence-corrected chi connectivity index (χ1v) is 6.04. The van der Waals surface area contributed by atoms with Crippen molar-refractivity contribution < 1.29 is 0 Å². The lowest BCUT2D eigenvalue weighted by Crippen LogP contribution is -2.00. The van der Waals surface area contributed by atoms with Gasteiger partial charge in [0.2, 0.25) is 0 Å². The summed E-state index contributed by atoms with van der Waals surface area (Å²) in [5, 5.41) is 0. The van der Waals surface area contributed by atoms with Crippen LogP contribution in [0.25, 0.3) is 5.57 Å². The molecule has 0 spiro atoms. The molecule has 0 saturated heterocycles. The predicted molar refractivity (Wildman–Crippen MR) is 66.9 cm³/mol. The Morgan fingerprint density at radius 3 is 2.60 bits per heavy atom. The summed E-state index contributed by atoms with van der Waals surface area (Å²) >= 11 is 0. The van der Waals surface area contributed by atoms with E-state index in [2.05, 4.69) is 51.1 Å². The molecule has 80 valence electrons. The third-order valence-corrected chi connectivity index (χ3v) is 3.28. The van der Waals surface area contributed by atoms with Crippen LogP contribution < -0.4 is 0 Å². The van der Waals surface area contributed by atoms with Crippen LogP contribution in [0.2, 0.25) is 0 Å². The van der Waals surface area contributed by atoms with Gasteiger partial charge in [0.05, 0.1) is 0 Å². The lowest BCUT2D eigenvalue weighted by atomic mass is 9.90. The van der Waals surface area contributed by atoms with Crippen molar-refractivity contribution in [1.29, 1.82) is 0 Å². The highest BCUT2D eigenvalue weighted by Gasteiger charge is 2.24. The molecular weight excluding hydrogens is 180 g/mol. The third kappa shape index (κ3) is 1.86. The van der Waals surface area contributed by atoms with E-state index in [1.807, 2.05) is 0 Å². The number of rotatable bonds is 3. The Morgan fingerprint density at radius 2 is 1.93 bits per heavy atom. The van der Waals surface area contributed by atoms with Crippen molar-refractivity contribution in [3.05, 3.63) is 41.5 Å². The Hall–Kier alpha value is -1.04. The van der Waals surface area contributed by atoms with E-state index in [4.69, 9.17) is 0 Å². The molecule has 1 aromatic rings. The molecule has 0 amide bonds. The van der Waals surface area contributed by atoms with Gasteiger partial charge in [-0.3, -0.25) is 0 Å². The molecule has 0 radical (unpaired) electrons. The number of hydrogen-bond donors (Lipinski definition) is 0. The fourth-order valence-corrected chi connectivity index (χ4v) is 2.52. The van der Waals surface area contributed by atoms with Crippen LogP contribution in [-0.4, -0.2) is 0 Å². The Kier molecular flexibility index (Phi) is 2.95. The topological polar surface area (TPSA) is 0 Å². The van der Waals surface area contributed by atoms with Crippen molar-refractivity contribution in [1.82, 2.24) is 0 Å². The normalized spacial score (nSPS) is 19.2. The number of benzene rings is 1. The van der Waals surface area contributed by atoms with Crippen LogP contribution in [-0.2, 0) is 0 Å². The minimum atomic E-state index is 0.641. The largest absolute Gasteiger partial charge is 0.0729 e. The molecule has 0 N–H and O–H groups in total. The second-order valence-electron chi connectivity index (χ2n) is 4.80. The Labute approximate surface area is 93.0 Å². The quantitative estimate of drug-likeness (QED) is 0.667. The van der Waals surface area contributed by atoms with Gasteiger partial charge in [-0.15, -0.1) is 0 Å². The molecule has 1 atom stereocenters. The zero-order valence-corrected chi connectivity index (χ0v) is 9.96. The molecule has 2 rings (SSSR count). The molecule has 1 aromatic carbocycles. The molecule has 1 aliphatic rings. The van der Waals surface area contributed by atoms with Gasteiger partial charge in [0.1, 0.15) is 0 Å². The minimum Gasteiger partial charge on any atom is -0.0729 e. The van der Waals surface area contributed by atoms with Gasteiger partial charge in [-0.1, -0.05) is 57.5 Å². The molecule has 15 heavy (non-hydrogen) atoms. The van der Waals surface area contributed by atoms with Gasteiger partial charge < -0.3 is 0 Å². The van der Waals surface area contributed by atoms with Crippen molar-refractivity contribution in [2.24, 2.45) is 5.92 Å². The molecule has 0 fully saturated rings. The zero-order valence-electron chi connectivity index (χ0n) is 9.96. The highest BCUT2D eigenvalue weighted by Crippen LogP contribution is 2.41. The SMILES string of the molecule is CCCC1=CC(C(C)C)c2ccccc21. The van der Waals surface area contributed by atoms with E-state index in [0.29, 0.717) is 11.8 Å². The van der Waals surface area contributed by atoms with Crippen LogP contribution in [0.1, 0.15) is 50.7 Å². The first-order chi connectivity index (χ1) is 7.24. The molecule has 0 bridgehead atoms. The monoisotopic (exact) mass is 200 g/mol. The van der Waals surface area contributed by atoms with Crippen LogP contribution in [0.3, 0.4) is 0 Å². The highest BCUT2D eigenvalue weighted by molar-refractivity contribution is 5.74. The second kappa shape index (κ2) is 4.22. The van der Waals surface area contributed by atoms with E-state index < -0.39 is 0 Å². The van der Waals surface area contributed by atoms with Crippen molar-refractivity contribution in [3.8, 4) is 0 Å². The summed E-state index contributed by atoms with van der Waals surface area (Å²) in [5.41, 5.74) is 4.60. The summed E-state index contributed by atoms with van der Waals surface area (Å²) in [5.74, 6) is 1.35. The Morgan fingerprint density at radius 1 is 1.20 bits per heavy atom. The molecule has 0 heterocycles. The Balaban J connectivity index is 2.40. The lowest BCUT2D eigenvalue weighted by molar-refractivity contribution is 0.584. The summed E-state index contributed by atoms with van der Waals surface area (Å²) in [4.78, 5) is 0. The molecule has 0 aliphatic heterocycles. The summed E-state index contributed by atoms with van der Waals surface area (Å²) in [6.45, 7) is 6.88. The van der Waals surface area contributed by atoms with E-state index in [0.717, 1.165) is 0 Å². The fourth-order valence-electron chi connectivity index (χ4n) is 2.52. The van der Waals surface area contributed by atoms with Crippen LogP contribution in [0.5, 0.6) is 0 Å². The van der Waals surface area contributed by atoms with Crippen LogP contribution in [0.4, 0.5) is 0 Å². The van der Waals surface area contributed by atoms with Gasteiger partial charge in [0.15, 0.2) is 0 Å². The number of allylic oxidation sites excluding steroid dienone is 2. The lowest BCUT2D eigenvalue weighted by Gasteiger charge is -2.14. The van der Waals surface area contributed by atoms with Crippen molar-refractivity contribution in [2.45, 2.75) is 39.5 Å². The highest BCUT2D eigenvalue weighted by atomic mass is 14.3. The van der Waals surface area contributed by atoms with E-state index in [-0.39, 0.29) is 0 Å². The van der Waals surface area contributed by atoms with Crippen LogP contribution >= 0.6 is 0 Å². The van der Waals surface area contributed by atoms with Gasteiger partial charge >= 0.3 is 0 Å². The molecule has 0 saturated carbocycles. The molecular formula is C15H20. The van der Waals surface area contributed by atoms with Gasteiger partial charge in [0, 0.05) is 5.92 Å². The average molecular weight is 200 g/mol. The van der Waals surface area contributed by atoms with Gasteiger partial charge in [-0.25, -0.2) is 0 Å². The molecule has 0 aromatic heterocycles. The average Bonchev–Trinajstić information content (AvgIpc) is 2.59. The Bertz CT molecular complexity index is 371. The molecule has 1 aliphatic carbocycles. The van der Waals surface area contributed by atoms with Crippen molar-refractivity contribution in [2.75, 3.05) is 0 Å². The van der Waals surface area contributed by atoms with Gasteiger partial charge in [0.25, 0.3) is 0 Å². The third-order valence-electron chi connectivity index (χ3n) is 3.28. The fraction of sp³-hybridized carbons (Fsp3) is 0.467. The van der Waals surface area contributed by atoms with E-state index >= 15 is 0 Å². The van der Waals surface area contributed by atoms with E-state index in [1.54, 1.807) is 5.57 Å². The van der Waals surface area contributed by atoms with E-state index in [9.17, 15) is 0 Å². The van der Waals surface area contributed by atoms with E-state index in [1.165, 1.54) is 24.0 Å². The van der Waals surface area contributed by atoms with Crippen molar-refractivity contribution in [3.63, 3.8) is 0 Å². The molecule has 0 heteroatoms.